The minimum atomic E-state index is -1.67. The molecule has 0 saturated heterocycles. The Morgan fingerprint density at radius 2 is 1.43 bits per heavy atom. The summed E-state index contributed by atoms with van der Waals surface area (Å²) in [6.45, 7) is 4.92. The van der Waals surface area contributed by atoms with Crippen molar-refractivity contribution in [2.24, 2.45) is 5.41 Å². The number of hydrogen-bond acceptors (Lipinski definition) is 7. The van der Waals surface area contributed by atoms with Gasteiger partial charge in [-0.25, -0.2) is 4.79 Å². The Kier molecular flexibility index (Phi) is 7.32. The predicted molar refractivity (Wildman–Crippen MR) is 109 cm³/mol. The highest BCUT2D eigenvalue weighted by Crippen LogP contribution is 2.48. The standard InChI is InChI=1S/C23H26O7/c1-6-30-20(25)19(16-10-8-7-9-11-16)14(2)17-12-23(21(26)28-4,22(27)29-5)13-18(17)15(3)24/h7-11H,6,12-13H2,1-5H3. The number of carbonyl (C=O) groups is 4. The van der Waals surface area contributed by atoms with Crippen LogP contribution in [0, 0.1) is 5.41 Å². The fraction of sp³-hybridized carbons (Fsp3) is 0.391. The topological polar surface area (TPSA) is 96.0 Å². The van der Waals surface area contributed by atoms with E-state index in [4.69, 9.17) is 14.2 Å². The summed E-state index contributed by atoms with van der Waals surface area (Å²) in [5.41, 5.74) is 0.428. The molecule has 0 aromatic heterocycles. The van der Waals surface area contributed by atoms with Gasteiger partial charge in [0.2, 0.25) is 0 Å². The van der Waals surface area contributed by atoms with Crippen molar-refractivity contribution in [2.75, 3.05) is 20.8 Å². The zero-order valence-corrected chi connectivity index (χ0v) is 17.9. The van der Waals surface area contributed by atoms with E-state index in [1.807, 2.05) is 6.07 Å². The number of ketones is 1. The van der Waals surface area contributed by atoms with Crippen molar-refractivity contribution in [3.05, 3.63) is 52.6 Å². The number of benzene rings is 1. The molecule has 1 aromatic carbocycles. The van der Waals surface area contributed by atoms with Gasteiger partial charge in [-0.2, -0.15) is 0 Å². The van der Waals surface area contributed by atoms with Crippen LogP contribution < -0.4 is 0 Å². The lowest BCUT2D eigenvalue weighted by atomic mass is 9.82. The zero-order chi connectivity index (χ0) is 22.5. The number of carbonyl (C=O) groups excluding carboxylic acids is 4. The van der Waals surface area contributed by atoms with E-state index in [2.05, 4.69) is 0 Å². The molecule has 0 saturated carbocycles. The first-order valence-corrected chi connectivity index (χ1v) is 9.57. The first kappa shape index (κ1) is 23.1. The minimum Gasteiger partial charge on any atom is -0.468 e. The Balaban J connectivity index is 2.73. The van der Waals surface area contributed by atoms with Crippen molar-refractivity contribution in [2.45, 2.75) is 33.6 Å². The molecule has 0 aliphatic heterocycles. The molecule has 0 spiro atoms. The smallest absolute Gasteiger partial charge is 0.339 e. The van der Waals surface area contributed by atoms with Crippen LogP contribution in [0.2, 0.25) is 0 Å². The largest absolute Gasteiger partial charge is 0.468 e. The second-order valence-electron chi connectivity index (χ2n) is 7.02. The molecule has 0 unspecified atom stereocenters. The van der Waals surface area contributed by atoms with Gasteiger partial charge in [0.25, 0.3) is 0 Å². The van der Waals surface area contributed by atoms with Crippen molar-refractivity contribution in [3.8, 4) is 0 Å². The van der Waals surface area contributed by atoms with Gasteiger partial charge in [0.1, 0.15) is 0 Å². The molecule has 0 fully saturated rings. The molecule has 7 heteroatoms. The van der Waals surface area contributed by atoms with Gasteiger partial charge >= 0.3 is 17.9 Å². The van der Waals surface area contributed by atoms with E-state index in [9.17, 15) is 19.2 Å². The first-order valence-electron chi connectivity index (χ1n) is 9.57. The van der Waals surface area contributed by atoms with Crippen LogP contribution in [0.4, 0.5) is 0 Å². The summed E-state index contributed by atoms with van der Waals surface area (Å²) < 4.78 is 15.0. The number of esters is 3. The average Bonchev–Trinajstić information content (AvgIpc) is 3.16. The summed E-state index contributed by atoms with van der Waals surface area (Å²) >= 11 is 0. The van der Waals surface area contributed by atoms with E-state index < -0.39 is 23.3 Å². The summed E-state index contributed by atoms with van der Waals surface area (Å²) in [5, 5.41) is 0. The molecule has 160 valence electrons. The highest BCUT2D eigenvalue weighted by Gasteiger charge is 2.54. The third-order valence-electron chi connectivity index (χ3n) is 5.27. The van der Waals surface area contributed by atoms with Crippen LogP contribution in [0.1, 0.15) is 39.2 Å². The van der Waals surface area contributed by atoms with E-state index >= 15 is 0 Å². The molecule has 0 atom stereocenters. The third kappa shape index (κ3) is 4.20. The van der Waals surface area contributed by atoms with E-state index in [1.54, 1.807) is 38.1 Å². The summed E-state index contributed by atoms with van der Waals surface area (Å²) in [5.74, 6) is -2.41. The second kappa shape index (κ2) is 9.52. The number of allylic oxidation sites excluding steroid dienone is 3. The van der Waals surface area contributed by atoms with Crippen LogP contribution in [0.3, 0.4) is 0 Å². The zero-order valence-electron chi connectivity index (χ0n) is 17.9. The SMILES string of the molecule is CCOC(=O)C(=C(C)C1=C(C(C)=O)CC(C(=O)OC)(C(=O)OC)C1)c1ccccc1. The Bertz CT molecular complexity index is 906. The molecule has 30 heavy (non-hydrogen) atoms. The summed E-state index contributed by atoms with van der Waals surface area (Å²) in [6.07, 6.45) is -0.262. The molecule has 0 heterocycles. The van der Waals surface area contributed by atoms with Gasteiger partial charge in [0.15, 0.2) is 11.2 Å². The quantitative estimate of drug-likeness (QED) is 0.293. The maximum Gasteiger partial charge on any atom is 0.339 e. The van der Waals surface area contributed by atoms with Crippen molar-refractivity contribution >= 4 is 29.3 Å². The van der Waals surface area contributed by atoms with Gasteiger partial charge in [0.05, 0.1) is 26.4 Å². The van der Waals surface area contributed by atoms with Crippen LogP contribution in [-0.4, -0.2) is 44.5 Å². The van der Waals surface area contributed by atoms with Gasteiger partial charge < -0.3 is 14.2 Å². The molecule has 0 amide bonds. The molecule has 0 radical (unpaired) electrons. The van der Waals surface area contributed by atoms with Gasteiger partial charge in [-0.1, -0.05) is 30.3 Å². The Morgan fingerprint density at radius 1 is 0.900 bits per heavy atom. The maximum atomic E-state index is 12.8. The highest BCUT2D eigenvalue weighted by atomic mass is 16.5. The molecule has 1 aliphatic carbocycles. The Morgan fingerprint density at radius 3 is 1.90 bits per heavy atom. The molecule has 0 N–H and O–H groups in total. The number of hydrogen-bond donors (Lipinski definition) is 0. The maximum absolute atomic E-state index is 12.8. The van der Waals surface area contributed by atoms with E-state index in [1.165, 1.54) is 21.1 Å². The number of methoxy groups -OCH3 is 2. The lowest BCUT2D eigenvalue weighted by Crippen LogP contribution is -2.39. The van der Waals surface area contributed by atoms with Gasteiger partial charge in [-0.05, 0) is 37.5 Å². The minimum absolute atomic E-state index is 0.108. The van der Waals surface area contributed by atoms with Gasteiger partial charge in [-0.15, -0.1) is 0 Å². The van der Waals surface area contributed by atoms with Crippen LogP contribution in [0.25, 0.3) is 5.57 Å². The lowest BCUT2D eigenvalue weighted by molar-refractivity contribution is -0.168. The second-order valence-corrected chi connectivity index (χ2v) is 7.02. The van der Waals surface area contributed by atoms with Crippen molar-refractivity contribution < 1.29 is 33.4 Å². The average molecular weight is 414 g/mol. The predicted octanol–water partition coefficient (Wildman–Crippen LogP) is 3.04. The van der Waals surface area contributed by atoms with Crippen molar-refractivity contribution in [3.63, 3.8) is 0 Å². The molecular formula is C23H26O7. The van der Waals surface area contributed by atoms with Gasteiger partial charge in [0, 0.05) is 18.4 Å². The third-order valence-corrected chi connectivity index (χ3v) is 5.27. The molecular weight excluding hydrogens is 388 g/mol. The number of ether oxygens (including phenoxy) is 3. The molecule has 1 aliphatic rings. The summed E-state index contributed by atoms with van der Waals surface area (Å²) in [4.78, 5) is 50.4. The fourth-order valence-electron chi connectivity index (χ4n) is 3.78. The van der Waals surface area contributed by atoms with Crippen molar-refractivity contribution in [1.29, 1.82) is 0 Å². The fourth-order valence-corrected chi connectivity index (χ4v) is 3.78. The van der Waals surface area contributed by atoms with Crippen molar-refractivity contribution in [1.82, 2.24) is 0 Å². The van der Waals surface area contributed by atoms with E-state index in [0.717, 1.165) is 0 Å². The lowest BCUT2D eigenvalue weighted by Gasteiger charge is -2.23. The molecule has 1 aromatic rings. The monoisotopic (exact) mass is 414 g/mol. The Labute approximate surface area is 175 Å². The first-order chi connectivity index (χ1) is 14.2. The van der Waals surface area contributed by atoms with E-state index in [0.29, 0.717) is 22.3 Å². The highest BCUT2D eigenvalue weighted by molar-refractivity contribution is 6.19. The number of Topliss-reactive ketones (excluding diaryl/α,β-unsaturated/α-hetero) is 1. The Hall–Kier alpha value is -3.22. The van der Waals surface area contributed by atoms with Crippen LogP contribution in [0.5, 0.6) is 0 Å². The van der Waals surface area contributed by atoms with E-state index in [-0.39, 0.29) is 30.8 Å². The van der Waals surface area contributed by atoms with Crippen LogP contribution >= 0.6 is 0 Å². The molecule has 0 bridgehead atoms. The van der Waals surface area contributed by atoms with Gasteiger partial charge in [-0.3, -0.25) is 14.4 Å². The number of rotatable bonds is 7. The summed E-state index contributed by atoms with van der Waals surface area (Å²) in [6, 6.07) is 8.89. The molecule has 2 rings (SSSR count). The molecule has 7 nitrogen and oxygen atoms in total. The normalized spacial score (nSPS) is 15.9. The summed E-state index contributed by atoms with van der Waals surface area (Å²) in [7, 11) is 2.35. The van der Waals surface area contributed by atoms with Crippen LogP contribution in [0.15, 0.2) is 47.1 Å². The van der Waals surface area contributed by atoms with Crippen LogP contribution in [-0.2, 0) is 33.4 Å².